The van der Waals surface area contributed by atoms with Gasteiger partial charge in [0, 0.05) is 50.1 Å². The van der Waals surface area contributed by atoms with Gasteiger partial charge in [0.1, 0.15) is 0 Å². The summed E-state index contributed by atoms with van der Waals surface area (Å²) < 4.78 is 1.61. The molecule has 2 aliphatic rings. The molecule has 150 valence electrons. The van der Waals surface area contributed by atoms with Gasteiger partial charge in [-0.1, -0.05) is 20.8 Å². The van der Waals surface area contributed by atoms with Gasteiger partial charge < -0.3 is 4.90 Å². The summed E-state index contributed by atoms with van der Waals surface area (Å²) in [7, 11) is 0. The highest BCUT2D eigenvalue weighted by Crippen LogP contribution is 2.38. The fourth-order valence-electron chi connectivity index (χ4n) is 3.55. The van der Waals surface area contributed by atoms with Crippen LogP contribution in [-0.2, 0) is 12.0 Å². The number of anilines is 1. The summed E-state index contributed by atoms with van der Waals surface area (Å²) in [5.41, 5.74) is 2.00. The van der Waals surface area contributed by atoms with Gasteiger partial charge in [0.05, 0.1) is 17.9 Å². The monoisotopic (exact) mass is 382 g/mol. The molecule has 7 nitrogen and oxygen atoms in total. The Morgan fingerprint density at radius 1 is 0.964 bits per heavy atom. The van der Waals surface area contributed by atoms with Crippen LogP contribution in [0.5, 0.6) is 0 Å². The Labute approximate surface area is 166 Å². The second-order valence-electron chi connectivity index (χ2n) is 8.95. The number of piperazine rings is 1. The topological polar surface area (TPSA) is 67.2 Å². The molecule has 1 aliphatic carbocycles. The van der Waals surface area contributed by atoms with Crippen LogP contribution in [-0.4, -0.2) is 57.6 Å². The zero-order valence-electron chi connectivity index (χ0n) is 17.1. The standard InChI is InChI=1S/C21H30N6O/c1-21(2,3)18-7-9-20(28)27(24-18)15-12-25-10-13-26(14-11-25)19-8-6-17(22-23-19)16-4-5-16/h6-9,16H,4-5,10-15H2,1-3H3. The minimum atomic E-state index is -0.0584. The number of rotatable bonds is 5. The van der Waals surface area contributed by atoms with Crippen molar-refractivity contribution >= 4 is 5.82 Å². The maximum absolute atomic E-state index is 12.1. The second kappa shape index (κ2) is 7.62. The van der Waals surface area contributed by atoms with Gasteiger partial charge in [-0.15, -0.1) is 5.10 Å². The van der Waals surface area contributed by atoms with Crippen LogP contribution in [0.1, 0.15) is 50.9 Å². The van der Waals surface area contributed by atoms with Crippen LogP contribution < -0.4 is 10.5 Å². The average molecular weight is 383 g/mol. The van der Waals surface area contributed by atoms with Gasteiger partial charge in [0.25, 0.3) is 5.56 Å². The predicted molar refractivity (Wildman–Crippen MR) is 110 cm³/mol. The van der Waals surface area contributed by atoms with Crippen LogP contribution in [0.3, 0.4) is 0 Å². The summed E-state index contributed by atoms with van der Waals surface area (Å²) in [6.45, 7) is 11.6. The van der Waals surface area contributed by atoms with Gasteiger partial charge in [-0.2, -0.15) is 10.2 Å². The molecule has 0 atom stereocenters. The van der Waals surface area contributed by atoms with Crippen LogP contribution >= 0.6 is 0 Å². The highest BCUT2D eigenvalue weighted by molar-refractivity contribution is 5.38. The Hall–Kier alpha value is -2.28. The Bertz CT molecular complexity index is 858. The average Bonchev–Trinajstić information content (AvgIpc) is 3.52. The molecule has 0 unspecified atom stereocenters. The van der Waals surface area contributed by atoms with E-state index in [1.807, 2.05) is 6.07 Å². The van der Waals surface area contributed by atoms with Gasteiger partial charge in [-0.3, -0.25) is 9.69 Å². The minimum absolute atomic E-state index is 0.0299. The zero-order valence-corrected chi connectivity index (χ0v) is 17.1. The fraction of sp³-hybridized carbons (Fsp3) is 0.619. The number of hydrogen-bond donors (Lipinski definition) is 0. The maximum atomic E-state index is 12.1. The van der Waals surface area contributed by atoms with Gasteiger partial charge in [0.15, 0.2) is 5.82 Å². The van der Waals surface area contributed by atoms with E-state index in [1.54, 1.807) is 10.7 Å². The first-order valence-electron chi connectivity index (χ1n) is 10.3. The molecule has 2 aromatic heterocycles. The fourth-order valence-corrected chi connectivity index (χ4v) is 3.55. The lowest BCUT2D eigenvalue weighted by Gasteiger charge is -2.35. The summed E-state index contributed by atoms with van der Waals surface area (Å²) in [4.78, 5) is 16.8. The van der Waals surface area contributed by atoms with Crippen LogP contribution in [0, 0.1) is 0 Å². The molecule has 0 aromatic carbocycles. The van der Waals surface area contributed by atoms with Crippen molar-refractivity contribution in [2.24, 2.45) is 0 Å². The summed E-state index contributed by atoms with van der Waals surface area (Å²) in [6, 6.07) is 7.72. The molecule has 7 heteroatoms. The lowest BCUT2D eigenvalue weighted by molar-refractivity contribution is 0.241. The largest absolute Gasteiger partial charge is 0.353 e. The number of hydrogen-bond acceptors (Lipinski definition) is 6. The molecule has 0 N–H and O–H groups in total. The molecule has 1 saturated carbocycles. The molecule has 2 aromatic rings. The Kier molecular flexibility index (Phi) is 5.19. The van der Waals surface area contributed by atoms with Crippen molar-refractivity contribution < 1.29 is 0 Å². The predicted octanol–water partition coefficient (Wildman–Crippen LogP) is 2.03. The first-order chi connectivity index (χ1) is 13.4. The van der Waals surface area contributed by atoms with Crippen LogP contribution in [0.2, 0.25) is 0 Å². The van der Waals surface area contributed by atoms with E-state index in [4.69, 9.17) is 0 Å². The molecule has 3 heterocycles. The SMILES string of the molecule is CC(C)(C)c1ccc(=O)n(CCN2CCN(c3ccc(C4CC4)nn3)CC2)n1. The van der Waals surface area contributed by atoms with Crippen molar-refractivity contribution in [3.8, 4) is 0 Å². The molecule has 1 aliphatic heterocycles. The lowest BCUT2D eigenvalue weighted by Crippen LogP contribution is -2.48. The van der Waals surface area contributed by atoms with E-state index in [2.05, 4.69) is 58.0 Å². The molecular formula is C21H30N6O. The van der Waals surface area contributed by atoms with Gasteiger partial charge in [0.2, 0.25) is 0 Å². The van der Waals surface area contributed by atoms with Crippen molar-refractivity contribution in [3.05, 3.63) is 46.0 Å². The van der Waals surface area contributed by atoms with E-state index in [9.17, 15) is 4.79 Å². The van der Waals surface area contributed by atoms with Gasteiger partial charge >= 0.3 is 0 Å². The maximum Gasteiger partial charge on any atom is 0.266 e. The molecular weight excluding hydrogens is 352 g/mol. The summed E-state index contributed by atoms with van der Waals surface area (Å²) in [5, 5.41) is 13.4. The third-order valence-corrected chi connectivity index (χ3v) is 5.63. The Balaban J connectivity index is 1.30. The van der Waals surface area contributed by atoms with Crippen molar-refractivity contribution in [3.63, 3.8) is 0 Å². The molecule has 2 fully saturated rings. The van der Waals surface area contributed by atoms with Crippen LogP contribution in [0.4, 0.5) is 5.82 Å². The van der Waals surface area contributed by atoms with Crippen molar-refractivity contribution in [2.75, 3.05) is 37.6 Å². The molecule has 1 saturated heterocycles. The summed E-state index contributed by atoms with van der Waals surface area (Å²) in [6.07, 6.45) is 2.51. The first-order valence-corrected chi connectivity index (χ1v) is 10.3. The highest BCUT2D eigenvalue weighted by atomic mass is 16.1. The van der Waals surface area contributed by atoms with E-state index < -0.39 is 0 Å². The lowest BCUT2D eigenvalue weighted by atomic mass is 9.92. The van der Waals surface area contributed by atoms with Crippen LogP contribution in [0.15, 0.2) is 29.1 Å². The number of nitrogens with zero attached hydrogens (tertiary/aromatic N) is 6. The Morgan fingerprint density at radius 2 is 1.71 bits per heavy atom. The van der Waals surface area contributed by atoms with Crippen LogP contribution in [0.25, 0.3) is 0 Å². The molecule has 0 amide bonds. The third-order valence-electron chi connectivity index (χ3n) is 5.63. The van der Waals surface area contributed by atoms with E-state index in [0.717, 1.165) is 49.9 Å². The molecule has 0 radical (unpaired) electrons. The molecule has 4 rings (SSSR count). The van der Waals surface area contributed by atoms with E-state index in [1.165, 1.54) is 12.8 Å². The normalized spacial score (nSPS) is 18.5. The van der Waals surface area contributed by atoms with Crippen molar-refractivity contribution in [2.45, 2.75) is 51.5 Å². The highest BCUT2D eigenvalue weighted by Gasteiger charge is 2.26. The zero-order chi connectivity index (χ0) is 19.7. The summed E-state index contributed by atoms with van der Waals surface area (Å²) >= 11 is 0. The number of aromatic nitrogens is 4. The first kappa shape index (κ1) is 19.1. The van der Waals surface area contributed by atoms with Crippen molar-refractivity contribution in [1.29, 1.82) is 0 Å². The second-order valence-corrected chi connectivity index (χ2v) is 8.95. The molecule has 28 heavy (non-hydrogen) atoms. The Morgan fingerprint density at radius 3 is 2.32 bits per heavy atom. The molecule has 0 spiro atoms. The minimum Gasteiger partial charge on any atom is -0.353 e. The summed E-state index contributed by atoms with van der Waals surface area (Å²) in [5.74, 6) is 1.62. The van der Waals surface area contributed by atoms with E-state index >= 15 is 0 Å². The van der Waals surface area contributed by atoms with E-state index in [0.29, 0.717) is 12.5 Å². The third kappa shape index (κ3) is 4.41. The van der Waals surface area contributed by atoms with Crippen molar-refractivity contribution in [1.82, 2.24) is 24.9 Å². The quantitative estimate of drug-likeness (QED) is 0.788. The smallest absolute Gasteiger partial charge is 0.266 e. The molecule has 0 bridgehead atoms. The van der Waals surface area contributed by atoms with Gasteiger partial charge in [-0.05, 0) is 31.0 Å². The van der Waals surface area contributed by atoms with E-state index in [-0.39, 0.29) is 11.0 Å². The van der Waals surface area contributed by atoms with Gasteiger partial charge in [-0.25, -0.2) is 4.68 Å².